The van der Waals surface area contributed by atoms with Gasteiger partial charge in [0, 0.05) is 18.1 Å². The highest BCUT2D eigenvalue weighted by Gasteiger charge is 2.16. The number of carbonyl (C=O) groups is 1. The molecule has 0 aliphatic heterocycles. The molecule has 0 saturated heterocycles. The van der Waals surface area contributed by atoms with Gasteiger partial charge in [-0.15, -0.1) is 0 Å². The minimum Gasteiger partial charge on any atom is -0.468 e. The van der Waals surface area contributed by atoms with Crippen molar-refractivity contribution in [2.24, 2.45) is 5.73 Å². The van der Waals surface area contributed by atoms with E-state index in [1.165, 1.54) is 7.11 Å². The third-order valence-electron chi connectivity index (χ3n) is 2.49. The predicted molar refractivity (Wildman–Crippen MR) is 73.8 cm³/mol. The van der Waals surface area contributed by atoms with Gasteiger partial charge < -0.3 is 10.5 Å². The SMILES string of the molecule is CCn1nc(C)c(Cl)c1CSCC(N)C(=O)OC. The Kier molecular flexibility index (Phi) is 5.98. The number of halogens is 1. The summed E-state index contributed by atoms with van der Waals surface area (Å²) in [6, 6.07) is -0.599. The van der Waals surface area contributed by atoms with Crippen LogP contribution in [0.5, 0.6) is 0 Å². The van der Waals surface area contributed by atoms with Gasteiger partial charge in [-0.05, 0) is 13.8 Å². The van der Waals surface area contributed by atoms with E-state index in [1.54, 1.807) is 11.8 Å². The molecular formula is C11H18ClN3O2S. The van der Waals surface area contributed by atoms with Crippen molar-refractivity contribution >= 4 is 29.3 Å². The van der Waals surface area contributed by atoms with Gasteiger partial charge in [0.2, 0.25) is 0 Å². The van der Waals surface area contributed by atoms with Crippen molar-refractivity contribution < 1.29 is 9.53 Å². The van der Waals surface area contributed by atoms with Gasteiger partial charge in [-0.25, -0.2) is 0 Å². The van der Waals surface area contributed by atoms with Crippen molar-refractivity contribution in [1.29, 1.82) is 0 Å². The highest BCUT2D eigenvalue weighted by Crippen LogP contribution is 2.24. The largest absolute Gasteiger partial charge is 0.468 e. The van der Waals surface area contributed by atoms with Crippen molar-refractivity contribution in [2.75, 3.05) is 12.9 Å². The third-order valence-corrected chi connectivity index (χ3v) is 4.06. The summed E-state index contributed by atoms with van der Waals surface area (Å²) in [6.07, 6.45) is 0. The summed E-state index contributed by atoms with van der Waals surface area (Å²) in [6.45, 7) is 4.66. The maximum Gasteiger partial charge on any atom is 0.323 e. The number of thioether (sulfide) groups is 1. The molecule has 5 nitrogen and oxygen atoms in total. The van der Waals surface area contributed by atoms with E-state index < -0.39 is 12.0 Å². The summed E-state index contributed by atoms with van der Waals surface area (Å²) in [5.74, 6) is 0.781. The van der Waals surface area contributed by atoms with Gasteiger partial charge in [0.15, 0.2) is 0 Å². The minimum atomic E-state index is -0.599. The zero-order valence-corrected chi connectivity index (χ0v) is 12.3. The fourth-order valence-electron chi connectivity index (χ4n) is 1.51. The van der Waals surface area contributed by atoms with Gasteiger partial charge in [-0.2, -0.15) is 16.9 Å². The molecule has 1 rings (SSSR count). The summed E-state index contributed by atoms with van der Waals surface area (Å²) in [7, 11) is 1.33. The fourth-order valence-corrected chi connectivity index (χ4v) is 2.78. The van der Waals surface area contributed by atoms with Crippen LogP contribution >= 0.6 is 23.4 Å². The van der Waals surface area contributed by atoms with Crippen LogP contribution in [0.4, 0.5) is 0 Å². The number of hydrogen-bond acceptors (Lipinski definition) is 5. The number of carbonyl (C=O) groups excluding carboxylic acids is 1. The van der Waals surface area contributed by atoms with E-state index in [0.717, 1.165) is 17.9 Å². The second kappa shape index (κ2) is 7.01. The number of ether oxygens (including phenoxy) is 1. The average Bonchev–Trinajstić information content (AvgIpc) is 2.65. The lowest BCUT2D eigenvalue weighted by Gasteiger charge is -2.09. The second-order valence-corrected chi connectivity index (χ2v) is 5.21. The van der Waals surface area contributed by atoms with E-state index in [1.807, 2.05) is 18.5 Å². The number of aryl methyl sites for hydroxylation is 2. The van der Waals surface area contributed by atoms with Crippen LogP contribution in [-0.4, -0.2) is 34.7 Å². The molecular weight excluding hydrogens is 274 g/mol. The molecule has 1 aromatic rings. The van der Waals surface area contributed by atoms with Crippen LogP contribution in [0.3, 0.4) is 0 Å². The number of methoxy groups -OCH3 is 1. The Bertz CT molecular complexity index is 423. The Balaban J connectivity index is 2.56. The molecule has 0 saturated carbocycles. The first-order chi connectivity index (χ1) is 8.51. The summed E-state index contributed by atoms with van der Waals surface area (Å²) in [5, 5.41) is 5.02. The number of rotatable bonds is 6. The number of esters is 1. The molecule has 1 atom stereocenters. The minimum absolute atomic E-state index is 0.395. The van der Waals surface area contributed by atoms with Crippen LogP contribution < -0.4 is 5.73 Å². The van der Waals surface area contributed by atoms with E-state index in [4.69, 9.17) is 17.3 Å². The number of aromatic nitrogens is 2. The zero-order chi connectivity index (χ0) is 13.7. The van der Waals surface area contributed by atoms with Crippen LogP contribution in [0, 0.1) is 6.92 Å². The Morgan fingerprint density at radius 3 is 2.89 bits per heavy atom. The molecule has 1 aromatic heterocycles. The van der Waals surface area contributed by atoms with E-state index in [-0.39, 0.29) is 0 Å². The lowest BCUT2D eigenvalue weighted by molar-refractivity contribution is -0.141. The molecule has 18 heavy (non-hydrogen) atoms. The van der Waals surface area contributed by atoms with Crippen molar-refractivity contribution in [3.8, 4) is 0 Å². The predicted octanol–water partition coefficient (Wildman–Crippen LogP) is 1.60. The first-order valence-electron chi connectivity index (χ1n) is 5.64. The zero-order valence-electron chi connectivity index (χ0n) is 10.8. The molecule has 0 fully saturated rings. The lowest BCUT2D eigenvalue weighted by atomic mass is 10.4. The number of nitrogens with two attached hydrogens (primary N) is 1. The average molecular weight is 292 g/mol. The Labute approximate surface area is 116 Å². The number of nitrogens with zero attached hydrogens (tertiary/aromatic N) is 2. The second-order valence-electron chi connectivity index (χ2n) is 3.81. The third kappa shape index (κ3) is 3.63. The van der Waals surface area contributed by atoms with Crippen molar-refractivity contribution in [1.82, 2.24) is 9.78 Å². The molecule has 0 aliphatic rings. The van der Waals surface area contributed by atoms with Crippen molar-refractivity contribution in [3.63, 3.8) is 0 Å². The standard InChI is InChI=1S/C11H18ClN3O2S/c1-4-15-9(10(12)7(2)14-15)6-18-5-8(13)11(16)17-3/h8H,4-6,13H2,1-3H3. The van der Waals surface area contributed by atoms with Crippen LogP contribution in [0.2, 0.25) is 5.02 Å². The van der Waals surface area contributed by atoms with Crippen LogP contribution in [0.1, 0.15) is 18.3 Å². The van der Waals surface area contributed by atoms with Gasteiger partial charge in [-0.3, -0.25) is 9.48 Å². The highest BCUT2D eigenvalue weighted by atomic mass is 35.5. The van der Waals surface area contributed by atoms with E-state index in [2.05, 4.69) is 9.84 Å². The number of hydrogen-bond donors (Lipinski definition) is 1. The molecule has 102 valence electrons. The van der Waals surface area contributed by atoms with Gasteiger partial charge >= 0.3 is 5.97 Å². The highest BCUT2D eigenvalue weighted by molar-refractivity contribution is 7.98. The maximum absolute atomic E-state index is 11.1. The van der Waals surface area contributed by atoms with Crippen LogP contribution in [-0.2, 0) is 21.8 Å². The van der Waals surface area contributed by atoms with Crippen molar-refractivity contribution in [3.05, 3.63) is 16.4 Å². The Hall–Kier alpha value is -0.720. The Morgan fingerprint density at radius 1 is 1.67 bits per heavy atom. The molecule has 1 heterocycles. The van der Waals surface area contributed by atoms with Crippen LogP contribution in [0.15, 0.2) is 0 Å². The first kappa shape index (κ1) is 15.3. The monoisotopic (exact) mass is 291 g/mol. The molecule has 0 amide bonds. The molecule has 0 aliphatic carbocycles. The Morgan fingerprint density at radius 2 is 2.33 bits per heavy atom. The van der Waals surface area contributed by atoms with Gasteiger partial charge in [0.05, 0.1) is 23.5 Å². The topological polar surface area (TPSA) is 70.1 Å². The quantitative estimate of drug-likeness (QED) is 0.806. The lowest BCUT2D eigenvalue weighted by Crippen LogP contribution is -2.33. The van der Waals surface area contributed by atoms with E-state index in [0.29, 0.717) is 16.5 Å². The van der Waals surface area contributed by atoms with Crippen LogP contribution in [0.25, 0.3) is 0 Å². The van der Waals surface area contributed by atoms with Gasteiger partial charge in [0.1, 0.15) is 6.04 Å². The molecule has 7 heteroatoms. The smallest absolute Gasteiger partial charge is 0.323 e. The van der Waals surface area contributed by atoms with Crippen molar-refractivity contribution in [2.45, 2.75) is 32.2 Å². The molecule has 0 aromatic carbocycles. The molecule has 0 radical (unpaired) electrons. The molecule has 2 N–H and O–H groups in total. The van der Waals surface area contributed by atoms with Gasteiger partial charge in [0.25, 0.3) is 0 Å². The first-order valence-corrected chi connectivity index (χ1v) is 7.17. The summed E-state index contributed by atoms with van der Waals surface area (Å²) in [4.78, 5) is 11.1. The molecule has 0 spiro atoms. The summed E-state index contributed by atoms with van der Waals surface area (Å²) in [5.41, 5.74) is 7.45. The van der Waals surface area contributed by atoms with E-state index in [9.17, 15) is 4.79 Å². The van der Waals surface area contributed by atoms with Gasteiger partial charge in [-0.1, -0.05) is 11.6 Å². The molecule has 1 unspecified atom stereocenters. The summed E-state index contributed by atoms with van der Waals surface area (Å²) >= 11 is 7.72. The summed E-state index contributed by atoms with van der Waals surface area (Å²) < 4.78 is 6.44. The normalized spacial score (nSPS) is 12.5. The fraction of sp³-hybridized carbons (Fsp3) is 0.636. The molecule has 0 bridgehead atoms. The maximum atomic E-state index is 11.1. The van der Waals surface area contributed by atoms with E-state index >= 15 is 0 Å².